The number of pyridine rings is 1. The van der Waals surface area contributed by atoms with Gasteiger partial charge >= 0.3 is 0 Å². The van der Waals surface area contributed by atoms with Crippen molar-refractivity contribution in [3.05, 3.63) is 24.3 Å². The number of carbonyl (C=O) groups is 1. The fourth-order valence-corrected chi connectivity index (χ4v) is 3.28. The number of hydrogen-bond donors (Lipinski definition) is 1. The maximum Gasteiger partial charge on any atom is 0.234 e. The van der Waals surface area contributed by atoms with Gasteiger partial charge in [0, 0.05) is 49.2 Å². The van der Waals surface area contributed by atoms with E-state index in [0.29, 0.717) is 18.6 Å². The summed E-state index contributed by atoms with van der Waals surface area (Å²) in [6, 6.07) is 4.26. The topological polar surface area (TPSA) is 48.5 Å². The zero-order chi connectivity index (χ0) is 15.0. The lowest BCUT2D eigenvalue weighted by molar-refractivity contribution is -0.127. The van der Waals surface area contributed by atoms with Gasteiger partial charge in [0.05, 0.1) is 6.54 Å². The number of piperidine rings is 1. The quantitative estimate of drug-likeness (QED) is 0.842. The summed E-state index contributed by atoms with van der Waals surface area (Å²) in [6.07, 6.45) is 2.62. The maximum absolute atomic E-state index is 13.2. The smallest absolute Gasteiger partial charge is 0.234 e. The molecule has 2 atom stereocenters. The molecule has 3 fully saturated rings. The van der Waals surface area contributed by atoms with Crippen molar-refractivity contribution in [1.82, 2.24) is 15.2 Å². The molecule has 1 amide bonds. The van der Waals surface area contributed by atoms with Crippen molar-refractivity contribution in [1.29, 1.82) is 0 Å². The molecule has 21 heavy (non-hydrogen) atoms. The first kappa shape index (κ1) is 14.3. The van der Waals surface area contributed by atoms with Crippen molar-refractivity contribution < 1.29 is 9.18 Å². The van der Waals surface area contributed by atoms with E-state index in [1.54, 1.807) is 0 Å². The predicted molar refractivity (Wildman–Crippen MR) is 78.6 cm³/mol. The second-order valence-electron chi connectivity index (χ2n) is 6.18. The van der Waals surface area contributed by atoms with Crippen LogP contribution in [0, 0.1) is 5.95 Å². The molecule has 0 aromatic carbocycles. The lowest BCUT2D eigenvalue weighted by atomic mass is 9.87. The van der Waals surface area contributed by atoms with E-state index in [1.807, 2.05) is 19.9 Å². The van der Waals surface area contributed by atoms with Crippen LogP contribution < -0.4 is 10.2 Å². The molecule has 2 unspecified atom stereocenters. The summed E-state index contributed by atoms with van der Waals surface area (Å²) in [5.74, 6) is -0.358. The minimum Gasteiger partial charge on any atom is -0.368 e. The van der Waals surface area contributed by atoms with Crippen molar-refractivity contribution >= 4 is 11.6 Å². The first-order valence-electron chi connectivity index (χ1n) is 7.44. The molecule has 3 aliphatic rings. The first-order chi connectivity index (χ1) is 10.0. The lowest BCUT2D eigenvalue weighted by Gasteiger charge is -2.56. The van der Waals surface area contributed by atoms with E-state index < -0.39 is 5.95 Å². The van der Waals surface area contributed by atoms with E-state index in [9.17, 15) is 9.18 Å². The number of hydrogen-bond acceptors (Lipinski definition) is 4. The average Bonchev–Trinajstić information content (AvgIpc) is 2.44. The van der Waals surface area contributed by atoms with E-state index >= 15 is 0 Å². The molecule has 0 spiro atoms. The Hall–Kier alpha value is -1.69. The van der Waals surface area contributed by atoms with Gasteiger partial charge in [-0.3, -0.25) is 9.69 Å². The van der Waals surface area contributed by atoms with Crippen molar-refractivity contribution in [3.63, 3.8) is 0 Å². The Balaban J connectivity index is 1.58. The standard InChI is InChI=1S/C15H21FN4O/c1-10(2)18-15(21)9-20-12-5-13(20)8-19(7-12)11-3-4-17-14(16)6-11/h3-4,6,10,12-13H,5,7-9H2,1-2H3,(H,18,21). The number of nitrogens with zero attached hydrogens (tertiary/aromatic N) is 3. The van der Waals surface area contributed by atoms with Crippen LogP contribution in [0.3, 0.4) is 0 Å². The van der Waals surface area contributed by atoms with Crippen LogP contribution in [0.1, 0.15) is 20.3 Å². The molecule has 4 rings (SSSR count). The summed E-state index contributed by atoms with van der Waals surface area (Å²) in [7, 11) is 0. The lowest BCUT2D eigenvalue weighted by Crippen LogP contribution is -2.70. The average molecular weight is 292 g/mol. The van der Waals surface area contributed by atoms with Gasteiger partial charge in [0.25, 0.3) is 0 Å². The van der Waals surface area contributed by atoms with Crippen molar-refractivity contribution in [2.75, 3.05) is 24.5 Å². The number of amides is 1. The molecule has 0 radical (unpaired) electrons. The van der Waals surface area contributed by atoms with Crippen LogP contribution >= 0.6 is 0 Å². The summed E-state index contributed by atoms with van der Waals surface area (Å²) in [6.45, 7) is 6.08. The van der Waals surface area contributed by atoms with E-state index in [1.165, 1.54) is 12.3 Å². The SMILES string of the molecule is CC(C)NC(=O)CN1C2CC1CN(c1ccnc(F)c1)C2. The Morgan fingerprint density at radius 2 is 2.19 bits per heavy atom. The monoisotopic (exact) mass is 292 g/mol. The molecule has 0 saturated carbocycles. The molecular weight excluding hydrogens is 271 g/mol. The van der Waals surface area contributed by atoms with Crippen LogP contribution in [0.25, 0.3) is 0 Å². The van der Waals surface area contributed by atoms with Crippen LogP contribution in [-0.4, -0.2) is 53.6 Å². The third-order valence-corrected chi connectivity index (χ3v) is 4.20. The molecular formula is C15H21FN4O. The second-order valence-corrected chi connectivity index (χ2v) is 6.18. The van der Waals surface area contributed by atoms with Crippen LogP contribution in [0.15, 0.2) is 18.3 Å². The van der Waals surface area contributed by atoms with Gasteiger partial charge in [-0.2, -0.15) is 4.39 Å². The second kappa shape index (κ2) is 5.60. The summed E-state index contributed by atoms with van der Waals surface area (Å²) >= 11 is 0. The van der Waals surface area contributed by atoms with Gasteiger partial charge in [-0.1, -0.05) is 0 Å². The minimum absolute atomic E-state index is 0.0862. The Bertz CT molecular complexity index is 524. The van der Waals surface area contributed by atoms with Crippen LogP contribution in [0.2, 0.25) is 0 Å². The van der Waals surface area contributed by atoms with Crippen LogP contribution in [-0.2, 0) is 4.79 Å². The van der Waals surface area contributed by atoms with Gasteiger partial charge in [0.2, 0.25) is 11.9 Å². The number of piperazine rings is 1. The fraction of sp³-hybridized carbons (Fsp3) is 0.600. The fourth-order valence-electron chi connectivity index (χ4n) is 3.28. The molecule has 1 aromatic rings. The summed E-state index contributed by atoms with van der Waals surface area (Å²) in [4.78, 5) is 19.9. The summed E-state index contributed by atoms with van der Waals surface area (Å²) < 4.78 is 13.2. The van der Waals surface area contributed by atoms with E-state index in [-0.39, 0.29) is 11.9 Å². The van der Waals surface area contributed by atoms with Crippen molar-refractivity contribution in [2.24, 2.45) is 0 Å². The molecule has 3 aliphatic heterocycles. The molecule has 1 N–H and O–H groups in total. The van der Waals surface area contributed by atoms with Gasteiger partial charge in [-0.15, -0.1) is 0 Å². The van der Waals surface area contributed by atoms with Crippen LogP contribution in [0.5, 0.6) is 0 Å². The van der Waals surface area contributed by atoms with Crippen molar-refractivity contribution in [2.45, 2.75) is 38.4 Å². The van der Waals surface area contributed by atoms with Gasteiger partial charge in [-0.25, -0.2) is 4.98 Å². The number of nitrogens with one attached hydrogen (secondary N) is 1. The molecule has 2 bridgehead atoms. The van der Waals surface area contributed by atoms with Crippen LogP contribution in [0.4, 0.5) is 10.1 Å². The molecule has 5 nitrogen and oxygen atoms in total. The highest BCUT2D eigenvalue weighted by Gasteiger charge is 2.45. The number of aromatic nitrogens is 1. The van der Waals surface area contributed by atoms with Gasteiger partial charge in [0.15, 0.2) is 0 Å². The third-order valence-electron chi connectivity index (χ3n) is 4.20. The Morgan fingerprint density at radius 1 is 1.48 bits per heavy atom. The predicted octanol–water partition coefficient (Wildman–Crippen LogP) is 1.01. The normalized spacial score (nSPS) is 24.9. The number of carbonyl (C=O) groups excluding carboxylic acids is 1. The zero-order valence-corrected chi connectivity index (χ0v) is 12.4. The molecule has 114 valence electrons. The summed E-state index contributed by atoms with van der Waals surface area (Å²) in [5, 5.41) is 2.93. The minimum atomic E-state index is -0.445. The number of anilines is 1. The molecule has 6 heteroatoms. The zero-order valence-electron chi connectivity index (χ0n) is 12.4. The van der Waals surface area contributed by atoms with E-state index in [4.69, 9.17) is 0 Å². The number of fused-ring (bicyclic) bond motifs is 2. The number of rotatable bonds is 4. The van der Waals surface area contributed by atoms with Gasteiger partial charge in [0.1, 0.15) is 0 Å². The largest absolute Gasteiger partial charge is 0.368 e. The molecule has 1 aromatic heterocycles. The van der Waals surface area contributed by atoms with Gasteiger partial charge < -0.3 is 10.2 Å². The Labute approximate surface area is 124 Å². The first-order valence-corrected chi connectivity index (χ1v) is 7.44. The highest BCUT2D eigenvalue weighted by atomic mass is 19.1. The van der Waals surface area contributed by atoms with E-state index in [2.05, 4.69) is 20.1 Å². The summed E-state index contributed by atoms with van der Waals surface area (Å²) in [5.41, 5.74) is 0.878. The van der Waals surface area contributed by atoms with E-state index in [0.717, 1.165) is 25.2 Å². The highest BCUT2D eigenvalue weighted by Crippen LogP contribution is 2.34. The molecule has 3 saturated heterocycles. The maximum atomic E-state index is 13.2. The van der Waals surface area contributed by atoms with Crippen molar-refractivity contribution in [3.8, 4) is 0 Å². The molecule has 4 heterocycles. The Kier molecular flexibility index (Phi) is 3.80. The number of halogens is 1. The third kappa shape index (κ3) is 3.00. The Morgan fingerprint density at radius 3 is 2.81 bits per heavy atom. The van der Waals surface area contributed by atoms with Gasteiger partial charge in [-0.05, 0) is 26.3 Å². The molecule has 0 aliphatic carbocycles. The highest BCUT2D eigenvalue weighted by molar-refractivity contribution is 5.78.